The number of carboxylic acids is 1. The van der Waals surface area contributed by atoms with Gasteiger partial charge in [0.1, 0.15) is 5.75 Å². The van der Waals surface area contributed by atoms with Gasteiger partial charge in [-0.2, -0.15) is 0 Å². The van der Waals surface area contributed by atoms with E-state index in [1.54, 1.807) is 19.2 Å². The predicted molar refractivity (Wildman–Crippen MR) is 71.0 cm³/mol. The molecule has 4 heteroatoms. The van der Waals surface area contributed by atoms with Crippen LogP contribution >= 0.6 is 11.6 Å². The van der Waals surface area contributed by atoms with E-state index in [0.717, 1.165) is 30.4 Å². The van der Waals surface area contributed by atoms with Gasteiger partial charge in [0.2, 0.25) is 0 Å². The third-order valence-corrected chi connectivity index (χ3v) is 3.60. The van der Waals surface area contributed by atoms with Crippen LogP contribution in [0.4, 0.5) is 0 Å². The molecular formula is C14H15ClO3. The van der Waals surface area contributed by atoms with Crippen molar-refractivity contribution in [3.63, 3.8) is 0 Å². The molecule has 0 aromatic heterocycles. The lowest BCUT2D eigenvalue weighted by molar-refractivity contribution is -0.131. The van der Waals surface area contributed by atoms with Gasteiger partial charge in [-0.1, -0.05) is 24.1 Å². The molecule has 2 rings (SSSR count). The van der Waals surface area contributed by atoms with Gasteiger partial charge in [0.15, 0.2) is 0 Å². The Bertz CT molecular complexity index is 490. The fourth-order valence-corrected chi connectivity index (χ4v) is 2.39. The molecule has 3 nitrogen and oxygen atoms in total. The molecule has 0 atom stereocenters. The molecule has 0 radical (unpaired) electrons. The van der Waals surface area contributed by atoms with Gasteiger partial charge < -0.3 is 9.84 Å². The van der Waals surface area contributed by atoms with E-state index in [-0.39, 0.29) is 0 Å². The molecule has 1 aliphatic rings. The van der Waals surface area contributed by atoms with Crippen molar-refractivity contribution in [2.24, 2.45) is 5.92 Å². The van der Waals surface area contributed by atoms with Crippen molar-refractivity contribution in [2.75, 3.05) is 7.11 Å². The Morgan fingerprint density at radius 3 is 2.67 bits per heavy atom. The third-order valence-electron chi connectivity index (χ3n) is 3.31. The number of hydrogen-bond donors (Lipinski definition) is 1. The molecular weight excluding hydrogens is 252 g/mol. The number of allylic oxidation sites excluding steroid dienone is 1. The highest BCUT2D eigenvalue weighted by Gasteiger charge is 2.24. The second kappa shape index (κ2) is 5.44. The summed E-state index contributed by atoms with van der Waals surface area (Å²) in [4.78, 5) is 10.9. The van der Waals surface area contributed by atoms with Crippen LogP contribution in [-0.4, -0.2) is 18.2 Å². The molecule has 18 heavy (non-hydrogen) atoms. The van der Waals surface area contributed by atoms with E-state index in [4.69, 9.17) is 21.4 Å². The summed E-state index contributed by atoms with van der Waals surface area (Å²) in [5.41, 5.74) is 1.73. The lowest BCUT2D eigenvalue weighted by Gasteiger charge is -2.28. The minimum atomic E-state index is -0.913. The van der Waals surface area contributed by atoms with Gasteiger partial charge in [-0.25, -0.2) is 4.79 Å². The molecule has 1 saturated carbocycles. The molecule has 0 saturated heterocycles. The monoisotopic (exact) mass is 266 g/mol. The van der Waals surface area contributed by atoms with Crippen LogP contribution < -0.4 is 4.74 Å². The molecule has 1 fully saturated rings. The number of aliphatic carboxylic acids is 1. The Balaban J connectivity index is 2.36. The van der Waals surface area contributed by atoms with Crippen LogP contribution in [0.15, 0.2) is 24.3 Å². The molecule has 0 heterocycles. The summed E-state index contributed by atoms with van der Waals surface area (Å²) in [7, 11) is 1.56. The van der Waals surface area contributed by atoms with Gasteiger partial charge in [-0.05, 0) is 42.0 Å². The zero-order chi connectivity index (χ0) is 13.1. The Morgan fingerprint density at radius 2 is 2.22 bits per heavy atom. The van der Waals surface area contributed by atoms with Crippen molar-refractivity contribution in [3.8, 4) is 5.75 Å². The topological polar surface area (TPSA) is 46.5 Å². The van der Waals surface area contributed by atoms with Crippen molar-refractivity contribution in [3.05, 3.63) is 34.9 Å². The average molecular weight is 267 g/mol. The lowest BCUT2D eigenvalue weighted by Crippen LogP contribution is -2.14. The summed E-state index contributed by atoms with van der Waals surface area (Å²) >= 11 is 6.08. The highest BCUT2D eigenvalue weighted by molar-refractivity contribution is 6.32. The standard InChI is InChI=1S/C14H15ClO3/c1-18-13-6-5-10(7-12(13)15)11(8-14(16)17)9-3-2-4-9/h5-9H,2-4H2,1H3,(H,16,17)/b11-8+. The first-order chi connectivity index (χ1) is 8.61. The van der Waals surface area contributed by atoms with Crippen LogP contribution in [0.5, 0.6) is 5.75 Å². The molecule has 0 amide bonds. The van der Waals surface area contributed by atoms with Gasteiger partial charge in [0, 0.05) is 6.08 Å². The normalized spacial score (nSPS) is 16.2. The van der Waals surface area contributed by atoms with Crippen molar-refractivity contribution in [1.82, 2.24) is 0 Å². The highest BCUT2D eigenvalue weighted by Crippen LogP contribution is 2.40. The minimum Gasteiger partial charge on any atom is -0.495 e. The van der Waals surface area contributed by atoms with Crippen LogP contribution in [0.3, 0.4) is 0 Å². The molecule has 1 aliphatic carbocycles. The van der Waals surface area contributed by atoms with Crippen molar-refractivity contribution in [1.29, 1.82) is 0 Å². The van der Waals surface area contributed by atoms with Gasteiger partial charge in [-0.3, -0.25) is 0 Å². The highest BCUT2D eigenvalue weighted by atomic mass is 35.5. The van der Waals surface area contributed by atoms with Crippen LogP contribution in [0.2, 0.25) is 5.02 Å². The predicted octanol–water partition coefficient (Wildman–Crippen LogP) is 3.62. The molecule has 1 aromatic rings. The van der Waals surface area contributed by atoms with Crippen LogP contribution in [-0.2, 0) is 4.79 Å². The maximum Gasteiger partial charge on any atom is 0.328 e. The second-order valence-corrected chi connectivity index (χ2v) is 4.82. The lowest BCUT2D eigenvalue weighted by atomic mass is 9.77. The number of carboxylic acid groups (broad SMARTS) is 1. The maximum absolute atomic E-state index is 10.9. The van der Waals surface area contributed by atoms with E-state index in [2.05, 4.69) is 0 Å². The zero-order valence-corrected chi connectivity index (χ0v) is 10.9. The van der Waals surface area contributed by atoms with Crippen molar-refractivity contribution in [2.45, 2.75) is 19.3 Å². The number of methoxy groups -OCH3 is 1. The van der Waals surface area contributed by atoms with Crippen LogP contribution in [0.1, 0.15) is 24.8 Å². The Hall–Kier alpha value is -1.48. The zero-order valence-electron chi connectivity index (χ0n) is 10.1. The van der Waals surface area contributed by atoms with E-state index in [1.807, 2.05) is 6.07 Å². The van der Waals surface area contributed by atoms with Crippen molar-refractivity contribution >= 4 is 23.1 Å². The van der Waals surface area contributed by atoms with E-state index in [0.29, 0.717) is 16.7 Å². The van der Waals surface area contributed by atoms with E-state index in [1.165, 1.54) is 6.08 Å². The maximum atomic E-state index is 10.9. The molecule has 0 unspecified atom stereocenters. The first kappa shape index (κ1) is 13.0. The summed E-state index contributed by atoms with van der Waals surface area (Å²) in [5, 5.41) is 9.45. The number of carbonyl (C=O) groups is 1. The first-order valence-corrected chi connectivity index (χ1v) is 6.28. The number of ether oxygens (including phenoxy) is 1. The summed E-state index contributed by atoms with van der Waals surface area (Å²) < 4.78 is 5.09. The fraction of sp³-hybridized carbons (Fsp3) is 0.357. The smallest absolute Gasteiger partial charge is 0.328 e. The largest absolute Gasteiger partial charge is 0.495 e. The SMILES string of the molecule is COc1ccc(/C(=C/C(=O)O)C2CCC2)cc1Cl. The van der Waals surface area contributed by atoms with Crippen LogP contribution in [0.25, 0.3) is 5.57 Å². The summed E-state index contributed by atoms with van der Waals surface area (Å²) in [5.74, 6) is 0.0260. The Kier molecular flexibility index (Phi) is 3.92. The second-order valence-electron chi connectivity index (χ2n) is 4.42. The third kappa shape index (κ3) is 2.67. The van der Waals surface area contributed by atoms with E-state index >= 15 is 0 Å². The molecule has 0 spiro atoms. The minimum absolute atomic E-state index is 0.338. The quantitative estimate of drug-likeness (QED) is 0.847. The van der Waals surface area contributed by atoms with Gasteiger partial charge >= 0.3 is 5.97 Å². The van der Waals surface area contributed by atoms with Gasteiger partial charge in [-0.15, -0.1) is 0 Å². The molecule has 0 aliphatic heterocycles. The molecule has 1 N–H and O–H groups in total. The summed E-state index contributed by atoms with van der Waals surface area (Å²) in [6, 6.07) is 5.40. The Labute approximate surface area is 111 Å². The first-order valence-electron chi connectivity index (χ1n) is 5.90. The Morgan fingerprint density at radius 1 is 1.50 bits per heavy atom. The fourth-order valence-electron chi connectivity index (χ4n) is 2.14. The number of benzene rings is 1. The van der Waals surface area contributed by atoms with Crippen LogP contribution in [0, 0.1) is 5.92 Å². The van der Waals surface area contributed by atoms with E-state index in [9.17, 15) is 4.79 Å². The van der Waals surface area contributed by atoms with Crippen molar-refractivity contribution < 1.29 is 14.6 Å². The molecule has 96 valence electrons. The average Bonchev–Trinajstić information content (AvgIpc) is 2.25. The molecule has 1 aromatic carbocycles. The number of rotatable bonds is 4. The van der Waals surface area contributed by atoms with Gasteiger partial charge in [0.05, 0.1) is 12.1 Å². The van der Waals surface area contributed by atoms with E-state index < -0.39 is 5.97 Å². The summed E-state index contributed by atoms with van der Waals surface area (Å²) in [6.07, 6.45) is 4.54. The van der Waals surface area contributed by atoms with Gasteiger partial charge in [0.25, 0.3) is 0 Å². The summed E-state index contributed by atoms with van der Waals surface area (Å²) in [6.45, 7) is 0. The number of hydrogen-bond acceptors (Lipinski definition) is 2. The molecule has 0 bridgehead atoms. The number of halogens is 1.